The van der Waals surface area contributed by atoms with Crippen molar-refractivity contribution in [2.24, 2.45) is 11.8 Å². The summed E-state index contributed by atoms with van der Waals surface area (Å²) in [5.74, 6) is 2.21. The molecule has 4 aliphatic rings. The van der Waals surface area contributed by atoms with Crippen molar-refractivity contribution in [2.45, 2.75) is 64.0 Å². The summed E-state index contributed by atoms with van der Waals surface area (Å²) in [4.78, 5) is 14.6. The summed E-state index contributed by atoms with van der Waals surface area (Å²) in [7, 11) is 0. The van der Waals surface area contributed by atoms with Gasteiger partial charge in [0, 0.05) is 29.1 Å². The van der Waals surface area contributed by atoms with Gasteiger partial charge in [0.05, 0.1) is 0 Å². The molecule has 2 aliphatic heterocycles. The number of carbonyl (C=O) groups is 1. The average Bonchev–Trinajstić information content (AvgIpc) is 3.39. The number of Topliss-reactive ketones (excluding diaryl/α,β-unsaturated/α-hetero) is 1. The molecule has 0 aromatic heterocycles. The number of ketones is 1. The van der Waals surface area contributed by atoms with E-state index < -0.39 is 6.10 Å². The number of allylic oxidation sites excluding steroid dienone is 1. The minimum Gasteiger partial charge on any atom is -0.508 e. The maximum Gasteiger partial charge on any atom is 0.166 e. The first-order valence-electron chi connectivity index (χ1n) is 10.4. The van der Waals surface area contributed by atoms with Crippen LogP contribution in [0.25, 0.3) is 0 Å². The molecule has 2 heterocycles. The molecule has 2 fully saturated rings. The number of carbonyl (C=O) groups excluding carboxylic acids is 1. The largest absolute Gasteiger partial charge is 0.508 e. The minimum absolute atomic E-state index is 0.0881. The van der Waals surface area contributed by atoms with Crippen molar-refractivity contribution in [1.82, 2.24) is 4.90 Å². The predicted octanol–water partition coefficient (Wildman–Crippen LogP) is 3.78. The standard InChI is InChI=1S/C23H29NO3/c1-13(15(3)25)21(26)22-23-9-10-24(12-16-7-8-16)18(14(23)2)11-17-5-4-6-19(27-22)20(17)23/h4-6,14,16,18,22,26H,7-12H2,1-3H3/b21-13-/t14-,18+,22-,23-/m0/s1. The number of nitrogens with zero attached hydrogens (tertiary/aromatic N) is 1. The molecule has 4 nitrogen and oxygen atoms in total. The van der Waals surface area contributed by atoms with Gasteiger partial charge in [-0.05, 0) is 69.5 Å². The molecule has 2 bridgehead atoms. The Morgan fingerprint density at radius 1 is 1.33 bits per heavy atom. The van der Waals surface area contributed by atoms with Crippen LogP contribution in [-0.4, -0.2) is 41.0 Å². The van der Waals surface area contributed by atoms with Gasteiger partial charge in [0.15, 0.2) is 11.9 Å². The van der Waals surface area contributed by atoms with Crippen LogP contribution in [-0.2, 0) is 16.6 Å². The second kappa shape index (κ2) is 5.84. The fourth-order valence-corrected chi connectivity index (χ4v) is 5.91. The van der Waals surface area contributed by atoms with E-state index in [4.69, 9.17) is 4.74 Å². The maximum atomic E-state index is 11.9. The number of hydrogen-bond acceptors (Lipinski definition) is 4. The lowest BCUT2D eigenvalue weighted by Crippen LogP contribution is -2.62. The molecule has 0 amide bonds. The first kappa shape index (κ1) is 17.3. The van der Waals surface area contributed by atoms with Crippen molar-refractivity contribution in [3.05, 3.63) is 40.7 Å². The van der Waals surface area contributed by atoms with Crippen LogP contribution in [0.3, 0.4) is 0 Å². The Balaban J connectivity index is 1.63. The zero-order chi connectivity index (χ0) is 18.9. The smallest absolute Gasteiger partial charge is 0.166 e. The van der Waals surface area contributed by atoms with E-state index in [2.05, 4.69) is 24.0 Å². The summed E-state index contributed by atoms with van der Waals surface area (Å²) in [6.07, 6.45) is 4.33. The van der Waals surface area contributed by atoms with Gasteiger partial charge in [0.25, 0.3) is 0 Å². The third-order valence-electron chi connectivity index (χ3n) is 7.74. The van der Waals surface area contributed by atoms with Crippen molar-refractivity contribution in [3.63, 3.8) is 0 Å². The lowest BCUT2D eigenvalue weighted by molar-refractivity contribution is -0.113. The molecule has 4 atom stereocenters. The first-order chi connectivity index (χ1) is 12.9. The SMILES string of the molecule is CC(=O)/C(C)=C(\O)[C@@H]1Oc2cccc3c2[C@@]12CCN(CC1CC1)[C@H](C3)[C@@H]2C. The van der Waals surface area contributed by atoms with Gasteiger partial charge in [-0.3, -0.25) is 9.69 Å². The van der Waals surface area contributed by atoms with Crippen LogP contribution < -0.4 is 4.74 Å². The Labute approximate surface area is 161 Å². The van der Waals surface area contributed by atoms with E-state index in [0.29, 0.717) is 17.5 Å². The summed E-state index contributed by atoms with van der Waals surface area (Å²) >= 11 is 0. The molecule has 2 aliphatic carbocycles. The van der Waals surface area contributed by atoms with Gasteiger partial charge in [-0.2, -0.15) is 0 Å². The van der Waals surface area contributed by atoms with Crippen LogP contribution in [0.2, 0.25) is 0 Å². The van der Waals surface area contributed by atoms with Gasteiger partial charge < -0.3 is 9.84 Å². The minimum atomic E-state index is -0.446. The number of likely N-dealkylation sites (tertiary alicyclic amines) is 1. The van der Waals surface area contributed by atoms with Crippen LogP contribution >= 0.6 is 0 Å². The van der Waals surface area contributed by atoms with E-state index in [9.17, 15) is 9.90 Å². The summed E-state index contributed by atoms with van der Waals surface area (Å²) in [5, 5.41) is 11.0. The monoisotopic (exact) mass is 367 g/mol. The summed E-state index contributed by atoms with van der Waals surface area (Å²) in [5.41, 5.74) is 2.87. The third-order valence-corrected chi connectivity index (χ3v) is 7.74. The molecule has 1 aromatic rings. The van der Waals surface area contributed by atoms with Crippen LogP contribution in [0.5, 0.6) is 5.75 Å². The predicted molar refractivity (Wildman–Crippen MR) is 104 cm³/mol. The first-order valence-corrected chi connectivity index (χ1v) is 10.4. The summed E-state index contributed by atoms with van der Waals surface area (Å²) in [6.45, 7) is 7.82. The van der Waals surface area contributed by atoms with E-state index in [0.717, 1.165) is 31.1 Å². The topological polar surface area (TPSA) is 49.8 Å². The lowest BCUT2D eigenvalue weighted by Gasteiger charge is -2.55. The molecule has 5 rings (SSSR count). The zero-order valence-corrected chi connectivity index (χ0v) is 16.5. The Kier molecular flexibility index (Phi) is 3.74. The summed E-state index contributed by atoms with van der Waals surface area (Å²) < 4.78 is 6.36. The highest BCUT2D eigenvalue weighted by atomic mass is 16.5. The molecular formula is C23H29NO3. The molecule has 1 spiro atoms. The number of rotatable bonds is 4. The molecule has 0 radical (unpaired) electrons. The quantitative estimate of drug-likeness (QED) is 0.650. The number of piperidine rings is 1. The van der Waals surface area contributed by atoms with E-state index in [1.807, 2.05) is 6.07 Å². The number of aliphatic hydroxyl groups excluding tert-OH is 1. The maximum absolute atomic E-state index is 11.9. The second-order valence-electron chi connectivity index (χ2n) is 9.14. The van der Waals surface area contributed by atoms with E-state index in [-0.39, 0.29) is 17.0 Å². The molecule has 1 saturated carbocycles. The van der Waals surface area contributed by atoms with Crippen LogP contribution in [0.1, 0.15) is 51.2 Å². The normalized spacial score (nSPS) is 35.3. The number of benzene rings is 1. The van der Waals surface area contributed by atoms with Gasteiger partial charge in [-0.25, -0.2) is 0 Å². The Morgan fingerprint density at radius 2 is 2.11 bits per heavy atom. The highest BCUT2D eigenvalue weighted by Crippen LogP contribution is 2.59. The van der Waals surface area contributed by atoms with Crippen molar-refractivity contribution < 1.29 is 14.6 Å². The molecule has 1 aromatic carbocycles. The molecule has 0 unspecified atom stereocenters. The highest BCUT2D eigenvalue weighted by Gasteiger charge is 2.62. The molecule has 27 heavy (non-hydrogen) atoms. The zero-order valence-electron chi connectivity index (χ0n) is 16.5. The molecule has 144 valence electrons. The van der Waals surface area contributed by atoms with Gasteiger partial charge >= 0.3 is 0 Å². The van der Waals surface area contributed by atoms with E-state index in [1.54, 1.807) is 6.92 Å². The van der Waals surface area contributed by atoms with Gasteiger partial charge in [0.2, 0.25) is 0 Å². The average molecular weight is 367 g/mol. The van der Waals surface area contributed by atoms with Crippen LogP contribution in [0, 0.1) is 11.8 Å². The van der Waals surface area contributed by atoms with E-state index >= 15 is 0 Å². The molecule has 1 saturated heterocycles. The van der Waals surface area contributed by atoms with Crippen molar-refractivity contribution in [1.29, 1.82) is 0 Å². The van der Waals surface area contributed by atoms with Gasteiger partial charge in [-0.15, -0.1) is 0 Å². The Bertz CT molecular complexity index is 840. The lowest BCUT2D eigenvalue weighted by atomic mass is 9.56. The molecule has 4 heteroatoms. The van der Waals surface area contributed by atoms with E-state index in [1.165, 1.54) is 37.4 Å². The molecular weight excluding hydrogens is 338 g/mol. The molecule has 1 N–H and O–H groups in total. The highest BCUT2D eigenvalue weighted by molar-refractivity contribution is 5.93. The number of ether oxygens (including phenoxy) is 1. The number of aliphatic hydroxyl groups is 1. The Morgan fingerprint density at radius 3 is 2.81 bits per heavy atom. The Hall–Kier alpha value is -1.81. The van der Waals surface area contributed by atoms with Crippen molar-refractivity contribution in [2.75, 3.05) is 13.1 Å². The van der Waals surface area contributed by atoms with Gasteiger partial charge in [0.1, 0.15) is 11.5 Å². The van der Waals surface area contributed by atoms with Gasteiger partial charge in [-0.1, -0.05) is 19.1 Å². The van der Waals surface area contributed by atoms with Crippen LogP contribution in [0.15, 0.2) is 29.5 Å². The number of hydrogen-bond donors (Lipinski definition) is 1. The van der Waals surface area contributed by atoms with Crippen molar-refractivity contribution >= 4 is 5.78 Å². The second-order valence-corrected chi connectivity index (χ2v) is 9.14. The van der Waals surface area contributed by atoms with Crippen LogP contribution in [0.4, 0.5) is 0 Å². The third kappa shape index (κ3) is 2.35. The number of fused-ring (bicyclic) bond motifs is 1. The fraction of sp³-hybridized carbons (Fsp3) is 0.609. The summed E-state index contributed by atoms with van der Waals surface area (Å²) in [6, 6.07) is 6.81. The fourth-order valence-electron chi connectivity index (χ4n) is 5.91. The van der Waals surface area contributed by atoms with Crippen molar-refractivity contribution in [3.8, 4) is 5.75 Å².